The number of nitrogens with one attached hydrogen (secondary N) is 1. The van der Waals surface area contributed by atoms with E-state index in [0.29, 0.717) is 12.4 Å². The summed E-state index contributed by atoms with van der Waals surface area (Å²) in [6.07, 6.45) is 0.776. The number of nitrogens with two attached hydrogens (primary N) is 1. The second-order valence-corrected chi connectivity index (χ2v) is 4.14. The van der Waals surface area contributed by atoms with Gasteiger partial charge in [0.15, 0.2) is 0 Å². The maximum Gasteiger partial charge on any atom is 0.145 e. The van der Waals surface area contributed by atoms with E-state index in [4.69, 9.17) is 10.5 Å². The molecular formula is C13H17N3O. The van der Waals surface area contributed by atoms with Gasteiger partial charge in [0.25, 0.3) is 0 Å². The molecule has 0 unspecified atom stereocenters. The summed E-state index contributed by atoms with van der Waals surface area (Å²) in [5, 5.41) is 6.74. The predicted octanol–water partition coefficient (Wildman–Crippen LogP) is 2.23. The first-order valence-electron chi connectivity index (χ1n) is 5.65. The molecule has 3 N–H and O–H groups in total. The van der Waals surface area contributed by atoms with E-state index in [-0.39, 0.29) is 0 Å². The van der Waals surface area contributed by atoms with Gasteiger partial charge in [0, 0.05) is 18.2 Å². The lowest BCUT2D eigenvalue weighted by Gasteiger charge is -2.11. The highest BCUT2D eigenvalue weighted by Gasteiger charge is 2.03. The zero-order valence-corrected chi connectivity index (χ0v) is 10.2. The number of nitrogens with zero attached hydrogens (tertiary/aromatic N) is 1. The van der Waals surface area contributed by atoms with Gasteiger partial charge >= 0.3 is 0 Å². The molecule has 0 saturated carbocycles. The zero-order valence-electron chi connectivity index (χ0n) is 10.2. The Morgan fingerprint density at radius 1 is 1.29 bits per heavy atom. The van der Waals surface area contributed by atoms with Crippen LogP contribution in [0.5, 0.6) is 5.75 Å². The third-order valence-electron chi connectivity index (χ3n) is 2.68. The second kappa shape index (κ2) is 4.91. The molecule has 0 aliphatic rings. The first-order chi connectivity index (χ1) is 8.16. The van der Waals surface area contributed by atoms with Crippen LogP contribution < -0.4 is 10.5 Å². The van der Waals surface area contributed by atoms with Crippen molar-refractivity contribution in [3.05, 3.63) is 41.1 Å². The molecule has 0 aliphatic heterocycles. The molecule has 4 nitrogen and oxygen atoms in total. The molecule has 1 aromatic carbocycles. The SMILES string of the molecule is Cc1cccc(C)c1OCCc1cc(N)n[nH]1. The predicted molar refractivity (Wildman–Crippen MR) is 68.1 cm³/mol. The molecule has 2 rings (SSSR count). The molecular weight excluding hydrogens is 214 g/mol. The Kier molecular flexibility index (Phi) is 3.32. The second-order valence-electron chi connectivity index (χ2n) is 4.14. The molecule has 0 saturated heterocycles. The highest BCUT2D eigenvalue weighted by molar-refractivity contribution is 5.39. The number of aromatic amines is 1. The molecule has 2 aromatic rings. The molecule has 17 heavy (non-hydrogen) atoms. The van der Waals surface area contributed by atoms with E-state index >= 15 is 0 Å². The smallest absolute Gasteiger partial charge is 0.145 e. The van der Waals surface area contributed by atoms with Crippen LogP contribution >= 0.6 is 0 Å². The quantitative estimate of drug-likeness (QED) is 0.848. The maximum atomic E-state index is 5.79. The van der Waals surface area contributed by atoms with Crippen molar-refractivity contribution in [3.63, 3.8) is 0 Å². The van der Waals surface area contributed by atoms with Crippen molar-refractivity contribution in [1.29, 1.82) is 0 Å². The number of H-pyrrole nitrogens is 1. The van der Waals surface area contributed by atoms with Crippen molar-refractivity contribution in [3.8, 4) is 5.75 Å². The number of aromatic nitrogens is 2. The van der Waals surface area contributed by atoms with Crippen molar-refractivity contribution in [1.82, 2.24) is 10.2 Å². The normalized spacial score (nSPS) is 10.5. The fraction of sp³-hybridized carbons (Fsp3) is 0.308. The average Bonchev–Trinajstić information content (AvgIpc) is 2.69. The average molecular weight is 231 g/mol. The third-order valence-corrected chi connectivity index (χ3v) is 2.68. The van der Waals surface area contributed by atoms with Gasteiger partial charge in [-0.3, -0.25) is 5.10 Å². The highest BCUT2D eigenvalue weighted by atomic mass is 16.5. The van der Waals surface area contributed by atoms with Gasteiger partial charge in [0.1, 0.15) is 11.6 Å². The molecule has 1 aromatic heterocycles. The molecule has 0 radical (unpaired) electrons. The molecule has 0 aliphatic carbocycles. The Balaban J connectivity index is 1.94. The fourth-order valence-corrected chi connectivity index (χ4v) is 1.80. The van der Waals surface area contributed by atoms with E-state index in [1.54, 1.807) is 0 Å². The minimum absolute atomic E-state index is 0.520. The van der Waals surface area contributed by atoms with Crippen LogP contribution in [0.4, 0.5) is 5.82 Å². The molecule has 0 atom stereocenters. The summed E-state index contributed by atoms with van der Waals surface area (Å²) in [4.78, 5) is 0. The van der Waals surface area contributed by atoms with Crippen molar-refractivity contribution < 1.29 is 4.74 Å². The van der Waals surface area contributed by atoms with Crippen LogP contribution in [-0.4, -0.2) is 16.8 Å². The van der Waals surface area contributed by atoms with Gasteiger partial charge in [-0.05, 0) is 25.0 Å². The summed E-state index contributed by atoms with van der Waals surface area (Å²) in [7, 11) is 0. The van der Waals surface area contributed by atoms with Crippen molar-refractivity contribution in [2.75, 3.05) is 12.3 Å². The van der Waals surface area contributed by atoms with Gasteiger partial charge in [0.05, 0.1) is 6.61 Å². The van der Waals surface area contributed by atoms with Crippen LogP contribution in [0.2, 0.25) is 0 Å². The number of rotatable bonds is 4. The number of nitrogen functional groups attached to an aromatic ring is 1. The van der Waals surface area contributed by atoms with Gasteiger partial charge in [-0.1, -0.05) is 18.2 Å². The Morgan fingerprint density at radius 2 is 2.00 bits per heavy atom. The first kappa shape index (κ1) is 11.5. The van der Waals surface area contributed by atoms with Crippen molar-refractivity contribution >= 4 is 5.82 Å². The molecule has 0 spiro atoms. The number of ether oxygens (including phenoxy) is 1. The van der Waals surface area contributed by atoms with Crippen LogP contribution in [0.1, 0.15) is 16.8 Å². The number of anilines is 1. The minimum atomic E-state index is 0.520. The summed E-state index contributed by atoms with van der Waals surface area (Å²) in [5.41, 5.74) is 8.84. The van der Waals surface area contributed by atoms with Gasteiger partial charge in [-0.15, -0.1) is 0 Å². The molecule has 90 valence electrons. The lowest BCUT2D eigenvalue weighted by Crippen LogP contribution is -2.04. The first-order valence-corrected chi connectivity index (χ1v) is 5.65. The van der Waals surface area contributed by atoms with Crippen LogP contribution in [-0.2, 0) is 6.42 Å². The number of hydrogen-bond acceptors (Lipinski definition) is 3. The molecule has 0 bridgehead atoms. The molecule has 4 heteroatoms. The third kappa shape index (κ3) is 2.78. The minimum Gasteiger partial charge on any atom is -0.493 e. The van der Waals surface area contributed by atoms with E-state index in [1.165, 1.54) is 0 Å². The van der Waals surface area contributed by atoms with Gasteiger partial charge in [-0.2, -0.15) is 5.10 Å². The fourth-order valence-electron chi connectivity index (χ4n) is 1.80. The van der Waals surface area contributed by atoms with Crippen LogP contribution in [0.3, 0.4) is 0 Å². The van der Waals surface area contributed by atoms with E-state index < -0.39 is 0 Å². The molecule has 0 amide bonds. The number of benzene rings is 1. The van der Waals surface area contributed by atoms with Crippen molar-refractivity contribution in [2.45, 2.75) is 20.3 Å². The molecule has 1 heterocycles. The molecule has 0 fully saturated rings. The van der Waals surface area contributed by atoms with Gasteiger partial charge in [0.2, 0.25) is 0 Å². The van der Waals surface area contributed by atoms with Crippen LogP contribution in [0.15, 0.2) is 24.3 Å². The standard InChI is InChI=1S/C13H17N3O/c1-9-4-3-5-10(2)13(9)17-7-6-11-8-12(14)16-15-11/h3-5,8H,6-7H2,1-2H3,(H3,14,15,16). The maximum absolute atomic E-state index is 5.79. The number of aryl methyl sites for hydroxylation is 2. The van der Waals surface area contributed by atoms with Crippen LogP contribution in [0.25, 0.3) is 0 Å². The number of hydrogen-bond donors (Lipinski definition) is 2. The number of para-hydroxylation sites is 1. The summed E-state index contributed by atoms with van der Waals surface area (Å²) < 4.78 is 5.79. The van der Waals surface area contributed by atoms with E-state index in [2.05, 4.69) is 36.2 Å². The van der Waals surface area contributed by atoms with Gasteiger partial charge in [-0.25, -0.2) is 0 Å². The summed E-state index contributed by atoms with van der Waals surface area (Å²) in [5.74, 6) is 1.49. The topological polar surface area (TPSA) is 63.9 Å². The largest absolute Gasteiger partial charge is 0.493 e. The van der Waals surface area contributed by atoms with Crippen LogP contribution in [0, 0.1) is 13.8 Å². The van der Waals surface area contributed by atoms with E-state index in [0.717, 1.165) is 29.0 Å². The lowest BCUT2D eigenvalue weighted by atomic mass is 10.1. The van der Waals surface area contributed by atoms with E-state index in [9.17, 15) is 0 Å². The zero-order chi connectivity index (χ0) is 12.3. The lowest BCUT2D eigenvalue weighted by molar-refractivity contribution is 0.316. The van der Waals surface area contributed by atoms with E-state index in [1.807, 2.05) is 12.1 Å². The monoisotopic (exact) mass is 231 g/mol. The highest BCUT2D eigenvalue weighted by Crippen LogP contribution is 2.22. The summed E-state index contributed by atoms with van der Waals surface area (Å²) >= 11 is 0. The summed E-state index contributed by atoms with van der Waals surface area (Å²) in [6.45, 7) is 4.72. The Labute approximate surface area is 101 Å². The van der Waals surface area contributed by atoms with Crippen molar-refractivity contribution in [2.24, 2.45) is 0 Å². The Morgan fingerprint density at radius 3 is 2.59 bits per heavy atom. The Bertz CT molecular complexity index is 485. The summed E-state index contributed by atoms with van der Waals surface area (Å²) in [6, 6.07) is 7.97. The van der Waals surface area contributed by atoms with Gasteiger partial charge < -0.3 is 10.5 Å². The Hall–Kier alpha value is -1.97.